The lowest BCUT2D eigenvalue weighted by Gasteiger charge is -2.16. The fourth-order valence-electron chi connectivity index (χ4n) is 3.08. The van der Waals surface area contributed by atoms with Gasteiger partial charge >= 0.3 is 0 Å². The Morgan fingerprint density at radius 1 is 0.938 bits per heavy atom. The van der Waals surface area contributed by atoms with Gasteiger partial charge < -0.3 is 5.32 Å². The number of nitrogens with one attached hydrogen (secondary N) is 2. The SMILES string of the molecule is Cc1ccc(S(=O)(=O)NC(Cc2ccccc2)c2nnc(Nc3ccc(Br)cc3)s2)cc1. The van der Waals surface area contributed by atoms with Crippen LogP contribution in [0.2, 0.25) is 0 Å². The number of halogens is 1. The van der Waals surface area contributed by atoms with E-state index in [0.717, 1.165) is 21.3 Å². The molecule has 0 bridgehead atoms. The average molecular weight is 529 g/mol. The Morgan fingerprint density at radius 2 is 1.62 bits per heavy atom. The topological polar surface area (TPSA) is 84.0 Å². The zero-order valence-electron chi connectivity index (χ0n) is 17.2. The first-order valence-electron chi connectivity index (χ1n) is 9.88. The summed E-state index contributed by atoms with van der Waals surface area (Å²) in [6.07, 6.45) is 0.457. The average Bonchev–Trinajstić information content (AvgIpc) is 3.24. The van der Waals surface area contributed by atoms with Gasteiger partial charge in [0, 0.05) is 10.2 Å². The van der Waals surface area contributed by atoms with E-state index in [9.17, 15) is 8.42 Å². The number of sulfonamides is 1. The van der Waals surface area contributed by atoms with E-state index in [2.05, 4.69) is 36.2 Å². The van der Waals surface area contributed by atoms with E-state index in [1.54, 1.807) is 24.3 Å². The molecule has 0 saturated carbocycles. The molecule has 0 radical (unpaired) electrons. The largest absolute Gasteiger partial charge is 0.330 e. The Balaban J connectivity index is 1.60. The second-order valence-corrected chi connectivity index (χ2v) is 10.9. The highest BCUT2D eigenvalue weighted by Gasteiger charge is 2.25. The minimum Gasteiger partial charge on any atom is -0.330 e. The Labute approximate surface area is 199 Å². The number of rotatable bonds is 8. The number of hydrogen-bond donors (Lipinski definition) is 2. The first-order chi connectivity index (χ1) is 15.4. The summed E-state index contributed by atoms with van der Waals surface area (Å²) in [5.74, 6) is 0. The van der Waals surface area contributed by atoms with E-state index in [1.165, 1.54) is 11.3 Å². The van der Waals surface area contributed by atoms with E-state index in [-0.39, 0.29) is 4.90 Å². The van der Waals surface area contributed by atoms with Crippen LogP contribution in [-0.4, -0.2) is 18.6 Å². The van der Waals surface area contributed by atoms with Crippen LogP contribution in [0.4, 0.5) is 10.8 Å². The molecule has 1 heterocycles. The molecular formula is C23H21BrN4O2S2. The van der Waals surface area contributed by atoms with Gasteiger partial charge in [-0.3, -0.25) is 0 Å². The summed E-state index contributed by atoms with van der Waals surface area (Å²) in [6.45, 7) is 1.92. The zero-order chi connectivity index (χ0) is 22.6. The third-order valence-corrected chi connectivity index (χ3v) is 7.71. The van der Waals surface area contributed by atoms with Gasteiger partial charge in [-0.2, -0.15) is 0 Å². The molecule has 2 N–H and O–H groups in total. The molecule has 164 valence electrons. The fraction of sp³-hybridized carbons (Fsp3) is 0.130. The quantitative estimate of drug-likeness (QED) is 0.310. The molecule has 0 aliphatic carbocycles. The van der Waals surface area contributed by atoms with Crippen molar-refractivity contribution in [3.63, 3.8) is 0 Å². The third kappa shape index (κ3) is 5.80. The lowest BCUT2D eigenvalue weighted by molar-refractivity contribution is 0.552. The van der Waals surface area contributed by atoms with Gasteiger partial charge in [0.2, 0.25) is 15.2 Å². The maximum Gasteiger partial charge on any atom is 0.241 e. The second-order valence-electron chi connectivity index (χ2n) is 7.25. The van der Waals surface area contributed by atoms with Crippen molar-refractivity contribution in [2.24, 2.45) is 0 Å². The van der Waals surface area contributed by atoms with Crippen molar-refractivity contribution in [2.75, 3.05) is 5.32 Å². The Bertz CT molecular complexity index is 1280. The molecule has 0 saturated heterocycles. The number of benzene rings is 3. The molecular weight excluding hydrogens is 508 g/mol. The summed E-state index contributed by atoms with van der Waals surface area (Å²) < 4.78 is 30.0. The fourth-order valence-corrected chi connectivity index (χ4v) is 5.44. The zero-order valence-corrected chi connectivity index (χ0v) is 20.4. The predicted octanol–water partition coefficient (Wildman–Crippen LogP) is 5.61. The van der Waals surface area contributed by atoms with E-state index in [4.69, 9.17) is 0 Å². The summed E-state index contributed by atoms with van der Waals surface area (Å²) in [6, 6.07) is 23.7. The Hall–Kier alpha value is -2.59. The Morgan fingerprint density at radius 3 is 2.31 bits per heavy atom. The first-order valence-corrected chi connectivity index (χ1v) is 13.0. The summed E-state index contributed by atoms with van der Waals surface area (Å²) in [4.78, 5) is 0.221. The molecule has 9 heteroatoms. The first kappa shape index (κ1) is 22.6. The third-order valence-electron chi connectivity index (χ3n) is 4.75. The van der Waals surface area contributed by atoms with Gasteiger partial charge in [0.25, 0.3) is 0 Å². The van der Waals surface area contributed by atoms with Gasteiger partial charge in [0.1, 0.15) is 5.01 Å². The minimum atomic E-state index is -3.74. The van der Waals surface area contributed by atoms with Crippen LogP contribution in [0.3, 0.4) is 0 Å². The van der Waals surface area contributed by atoms with Crippen molar-refractivity contribution in [2.45, 2.75) is 24.3 Å². The highest BCUT2D eigenvalue weighted by Crippen LogP contribution is 2.29. The molecule has 4 aromatic rings. The van der Waals surface area contributed by atoms with Gasteiger partial charge in [-0.25, -0.2) is 13.1 Å². The van der Waals surface area contributed by atoms with Crippen LogP contribution in [0.25, 0.3) is 0 Å². The molecule has 6 nitrogen and oxygen atoms in total. The van der Waals surface area contributed by atoms with Crippen LogP contribution in [0.5, 0.6) is 0 Å². The maximum absolute atomic E-state index is 13.1. The standard InChI is InChI=1S/C23H21BrN4O2S2/c1-16-7-13-20(14-8-16)32(29,30)28-21(15-17-5-3-2-4-6-17)22-26-27-23(31-22)25-19-11-9-18(24)10-12-19/h2-14,21,28H,15H2,1H3,(H,25,27). The summed E-state index contributed by atoms with van der Waals surface area (Å²) in [5, 5.41) is 12.9. The van der Waals surface area contributed by atoms with Gasteiger partial charge in [-0.05, 0) is 55.3 Å². The minimum absolute atomic E-state index is 0.221. The second kappa shape index (κ2) is 9.91. The molecule has 1 unspecified atom stereocenters. The lowest BCUT2D eigenvalue weighted by atomic mass is 10.1. The predicted molar refractivity (Wildman–Crippen MR) is 132 cm³/mol. The molecule has 1 aromatic heterocycles. The van der Waals surface area contributed by atoms with E-state index in [1.807, 2.05) is 61.5 Å². The van der Waals surface area contributed by atoms with Crippen molar-refractivity contribution < 1.29 is 8.42 Å². The van der Waals surface area contributed by atoms with Crippen LogP contribution in [-0.2, 0) is 16.4 Å². The number of aromatic nitrogens is 2. The van der Waals surface area contributed by atoms with Gasteiger partial charge in [-0.15, -0.1) is 10.2 Å². The molecule has 0 aliphatic rings. The molecule has 4 rings (SSSR count). The number of hydrogen-bond acceptors (Lipinski definition) is 6. The van der Waals surface area contributed by atoms with Crippen LogP contribution in [0, 0.1) is 6.92 Å². The number of anilines is 2. The lowest BCUT2D eigenvalue weighted by Crippen LogP contribution is -2.30. The smallest absolute Gasteiger partial charge is 0.241 e. The van der Waals surface area contributed by atoms with E-state index in [0.29, 0.717) is 16.6 Å². The van der Waals surface area contributed by atoms with Gasteiger partial charge in [-0.1, -0.05) is 75.3 Å². The molecule has 0 amide bonds. The van der Waals surface area contributed by atoms with Crippen molar-refractivity contribution in [3.05, 3.63) is 99.5 Å². The molecule has 32 heavy (non-hydrogen) atoms. The molecule has 0 fully saturated rings. The van der Waals surface area contributed by atoms with Gasteiger partial charge in [0.15, 0.2) is 0 Å². The molecule has 0 aliphatic heterocycles. The highest BCUT2D eigenvalue weighted by molar-refractivity contribution is 9.10. The Kier molecular flexibility index (Phi) is 7.00. The normalized spacial score (nSPS) is 12.4. The summed E-state index contributed by atoms with van der Waals surface area (Å²) in [7, 11) is -3.74. The molecule has 0 spiro atoms. The molecule has 1 atom stereocenters. The number of nitrogens with zero attached hydrogens (tertiary/aromatic N) is 2. The van der Waals surface area contributed by atoms with Crippen molar-refractivity contribution >= 4 is 48.1 Å². The van der Waals surface area contributed by atoms with Gasteiger partial charge in [0.05, 0.1) is 10.9 Å². The van der Waals surface area contributed by atoms with E-state index < -0.39 is 16.1 Å². The highest BCUT2D eigenvalue weighted by atomic mass is 79.9. The summed E-state index contributed by atoms with van der Waals surface area (Å²) >= 11 is 4.74. The van der Waals surface area contributed by atoms with Crippen LogP contribution in [0.15, 0.2) is 88.2 Å². The monoisotopic (exact) mass is 528 g/mol. The van der Waals surface area contributed by atoms with E-state index >= 15 is 0 Å². The van der Waals surface area contributed by atoms with Crippen LogP contribution >= 0.6 is 27.3 Å². The molecule has 3 aromatic carbocycles. The van der Waals surface area contributed by atoms with Crippen molar-refractivity contribution in [3.8, 4) is 0 Å². The summed E-state index contributed by atoms with van der Waals surface area (Å²) in [5.41, 5.74) is 2.87. The van der Waals surface area contributed by atoms with Crippen molar-refractivity contribution in [1.82, 2.24) is 14.9 Å². The number of aryl methyl sites for hydroxylation is 1. The van der Waals surface area contributed by atoms with Crippen LogP contribution in [0.1, 0.15) is 22.2 Å². The maximum atomic E-state index is 13.1. The van der Waals surface area contributed by atoms with Crippen molar-refractivity contribution in [1.29, 1.82) is 0 Å². The van der Waals surface area contributed by atoms with Crippen LogP contribution < -0.4 is 10.0 Å².